The third kappa shape index (κ3) is 2.70. The number of anilines is 2. The van der Waals surface area contributed by atoms with E-state index in [2.05, 4.69) is 34.1 Å². The number of thioether (sulfide) groups is 1. The summed E-state index contributed by atoms with van der Waals surface area (Å²) in [5.41, 5.74) is 3.68. The molecule has 0 radical (unpaired) electrons. The number of nitrogen functional groups attached to an aromatic ring is 1. The lowest BCUT2D eigenvalue weighted by Gasteiger charge is -2.36. The van der Waals surface area contributed by atoms with Crippen molar-refractivity contribution in [1.82, 2.24) is 9.97 Å². The maximum Gasteiger partial charge on any atom is 0.148 e. The second kappa shape index (κ2) is 5.32. The Morgan fingerprint density at radius 1 is 1.22 bits per heavy atom. The van der Waals surface area contributed by atoms with Crippen molar-refractivity contribution < 1.29 is 0 Å². The zero-order valence-corrected chi connectivity index (χ0v) is 12.2. The number of nitrogens with zero attached hydrogens (tertiary/aromatic N) is 3. The normalized spacial score (nSPS) is 24.2. The minimum atomic E-state index is 0.623. The first-order chi connectivity index (χ1) is 8.51. The van der Waals surface area contributed by atoms with E-state index in [4.69, 9.17) is 5.84 Å². The van der Waals surface area contributed by atoms with Gasteiger partial charge in [-0.3, -0.25) is 0 Å². The SMILES string of the molecule is Cc1nc(NN)c(C)c(N2CC(C)SC(C)C2)n1. The van der Waals surface area contributed by atoms with Crippen LogP contribution < -0.4 is 16.2 Å². The Bertz CT molecular complexity index is 427. The lowest BCUT2D eigenvalue weighted by molar-refractivity contribution is 0.712. The van der Waals surface area contributed by atoms with Crippen LogP contribution in [-0.2, 0) is 0 Å². The van der Waals surface area contributed by atoms with Crippen molar-refractivity contribution in [3.8, 4) is 0 Å². The van der Waals surface area contributed by atoms with Crippen LogP contribution in [0.3, 0.4) is 0 Å². The monoisotopic (exact) mass is 267 g/mol. The fraction of sp³-hybridized carbons (Fsp3) is 0.667. The highest BCUT2D eigenvalue weighted by atomic mass is 32.2. The molecule has 0 spiro atoms. The Labute approximate surface area is 113 Å². The summed E-state index contributed by atoms with van der Waals surface area (Å²) in [6.45, 7) is 10.5. The minimum absolute atomic E-state index is 0.623. The van der Waals surface area contributed by atoms with Gasteiger partial charge < -0.3 is 10.3 Å². The fourth-order valence-electron chi connectivity index (χ4n) is 2.41. The van der Waals surface area contributed by atoms with Gasteiger partial charge in [-0.15, -0.1) is 0 Å². The molecule has 0 saturated carbocycles. The number of hydrazine groups is 1. The molecule has 1 fully saturated rings. The molecular formula is C12H21N5S. The molecule has 0 aromatic carbocycles. The predicted molar refractivity (Wildman–Crippen MR) is 78.0 cm³/mol. The molecule has 5 nitrogen and oxygen atoms in total. The summed E-state index contributed by atoms with van der Waals surface area (Å²) in [6.07, 6.45) is 0. The Hall–Kier alpha value is -1.01. The van der Waals surface area contributed by atoms with Crippen molar-refractivity contribution in [2.45, 2.75) is 38.2 Å². The van der Waals surface area contributed by atoms with Crippen LogP contribution in [-0.4, -0.2) is 33.6 Å². The Kier molecular flexibility index (Phi) is 3.97. The average Bonchev–Trinajstić information content (AvgIpc) is 2.30. The van der Waals surface area contributed by atoms with Crippen LogP contribution in [0.25, 0.3) is 0 Å². The van der Waals surface area contributed by atoms with Crippen LogP contribution in [0, 0.1) is 13.8 Å². The maximum atomic E-state index is 5.51. The van der Waals surface area contributed by atoms with Gasteiger partial charge >= 0.3 is 0 Å². The van der Waals surface area contributed by atoms with E-state index in [1.165, 1.54) is 0 Å². The van der Waals surface area contributed by atoms with Gasteiger partial charge in [0.2, 0.25) is 0 Å². The van der Waals surface area contributed by atoms with E-state index >= 15 is 0 Å². The first-order valence-electron chi connectivity index (χ1n) is 6.23. The predicted octanol–water partition coefficient (Wildman–Crippen LogP) is 1.71. The number of hydrogen-bond acceptors (Lipinski definition) is 6. The van der Waals surface area contributed by atoms with Gasteiger partial charge in [-0.2, -0.15) is 11.8 Å². The van der Waals surface area contributed by atoms with E-state index < -0.39 is 0 Å². The highest BCUT2D eigenvalue weighted by Gasteiger charge is 2.25. The number of aromatic nitrogens is 2. The van der Waals surface area contributed by atoms with E-state index in [0.717, 1.165) is 36.1 Å². The highest BCUT2D eigenvalue weighted by Crippen LogP contribution is 2.30. The summed E-state index contributed by atoms with van der Waals surface area (Å²) in [5, 5.41) is 1.25. The third-order valence-electron chi connectivity index (χ3n) is 3.09. The minimum Gasteiger partial charge on any atom is -0.354 e. The second-order valence-electron chi connectivity index (χ2n) is 4.87. The van der Waals surface area contributed by atoms with Gasteiger partial charge in [-0.1, -0.05) is 13.8 Å². The van der Waals surface area contributed by atoms with Crippen molar-refractivity contribution in [2.24, 2.45) is 5.84 Å². The van der Waals surface area contributed by atoms with Crippen LogP contribution in [0.5, 0.6) is 0 Å². The van der Waals surface area contributed by atoms with E-state index in [9.17, 15) is 0 Å². The number of hydrogen-bond donors (Lipinski definition) is 2. The van der Waals surface area contributed by atoms with Crippen molar-refractivity contribution in [3.63, 3.8) is 0 Å². The van der Waals surface area contributed by atoms with Crippen LogP contribution in [0.2, 0.25) is 0 Å². The number of nitrogens with two attached hydrogens (primary N) is 1. The molecular weight excluding hydrogens is 246 g/mol. The zero-order chi connectivity index (χ0) is 13.3. The lowest BCUT2D eigenvalue weighted by Crippen LogP contribution is -2.41. The van der Waals surface area contributed by atoms with Gasteiger partial charge in [-0.25, -0.2) is 15.8 Å². The fourth-order valence-corrected chi connectivity index (χ4v) is 3.74. The average molecular weight is 267 g/mol. The van der Waals surface area contributed by atoms with E-state index in [1.54, 1.807) is 0 Å². The molecule has 1 aliphatic rings. The lowest BCUT2D eigenvalue weighted by atomic mass is 10.2. The van der Waals surface area contributed by atoms with Gasteiger partial charge in [0.05, 0.1) is 0 Å². The van der Waals surface area contributed by atoms with E-state index in [0.29, 0.717) is 10.5 Å². The van der Waals surface area contributed by atoms with Gasteiger partial charge in [-0.05, 0) is 13.8 Å². The summed E-state index contributed by atoms with van der Waals surface area (Å²) in [5.74, 6) is 7.99. The zero-order valence-electron chi connectivity index (χ0n) is 11.4. The van der Waals surface area contributed by atoms with Crippen LogP contribution >= 0.6 is 11.8 Å². The molecule has 6 heteroatoms. The smallest absolute Gasteiger partial charge is 0.148 e. The Balaban J connectivity index is 2.35. The van der Waals surface area contributed by atoms with E-state index in [1.807, 2.05) is 25.6 Å². The van der Waals surface area contributed by atoms with E-state index in [-0.39, 0.29) is 0 Å². The Morgan fingerprint density at radius 3 is 2.39 bits per heavy atom. The molecule has 2 unspecified atom stereocenters. The van der Waals surface area contributed by atoms with Gasteiger partial charge in [0, 0.05) is 29.2 Å². The molecule has 0 aliphatic carbocycles. The molecule has 18 heavy (non-hydrogen) atoms. The third-order valence-corrected chi connectivity index (χ3v) is 4.32. The highest BCUT2D eigenvalue weighted by molar-refractivity contribution is 8.00. The molecule has 2 rings (SSSR count). The molecule has 0 amide bonds. The second-order valence-corrected chi connectivity index (χ2v) is 6.76. The first-order valence-corrected chi connectivity index (χ1v) is 7.17. The van der Waals surface area contributed by atoms with Crippen molar-refractivity contribution in [1.29, 1.82) is 0 Å². The summed E-state index contributed by atoms with van der Waals surface area (Å²) >= 11 is 2.03. The molecule has 2 atom stereocenters. The molecule has 0 bridgehead atoms. The standard InChI is InChI=1S/C12H21N5S/c1-7-5-17(6-8(2)18-7)12-9(3)11(16-13)14-10(4)15-12/h7-8H,5-6,13H2,1-4H3,(H,14,15,16). The number of nitrogens with one attached hydrogen (secondary N) is 1. The molecule has 2 heterocycles. The first kappa shape index (κ1) is 13.4. The van der Waals surface area contributed by atoms with Crippen LogP contribution in [0.1, 0.15) is 25.2 Å². The number of rotatable bonds is 2. The summed E-state index contributed by atoms with van der Waals surface area (Å²) in [7, 11) is 0. The summed E-state index contributed by atoms with van der Waals surface area (Å²) in [6, 6.07) is 0. The van der Waals surface area contributed by atoms with Crippen LogP contribution in [0.15, 0.2) is 0 Å². The molecule has 1 saturated heterocycles. The van der Waals surface area contributed by atoms with Crippen molar-refractivity contribution in [3.05, 3.63) is 11.4 Å². The maximum absolute atomic E-state index is 5.51. The Morgan fingerprint density at radius 2 is 1.83 bits per heavy atom. The molecule has 1 aliphatic heterocycles. The van der Waals surface area contributed by atoms with Crippen molar-refractivity contribution >= 4 is 23.4 Å². The molecule has 1 aromatic heterocycles. The summed E-state index contributed by atoms with van der Waals surface area (Å²) in [4.78, 5) is 11.2. The van der Waals surface area contributed by atoms with Gasteiger partial charge in [0.1, 0.15) is 17.5 Å². The molecule has 100 valence electrons. The summed E-state index contributed by atoms with van der Waals surface area (Å²) < 4.78 is 0. The molecule has 3 N–H and O–H groups in total. The van der Waals surface area contributed by atoms with Crippen molar-refractivity contribution in [2.75, 3.05) is 23.4 Å². The van der Waals surface area contributed by atoms with Gasteiger partial charge in [0.25, 0.3) is 0 Å². The largest absolute Gasteiger partial charge is 0.354 e. The van der Waals surface area contributed by atoms with Gasteiger partial charge in [0.15, 0.2) is 0 Å². The quantitative estimate of drug-likeness (QED) is 0.628. The molecule has 1 aromatic rings. The topological polar surface area (TPSA) is 67.1 Å². The van der Waals surface area contributed by atoms with Crippen LogP contribution in [0.4, 0.5) is 11.6 Å². The number of aryl methyl sites for hydroxylation is 1.